The third-order valence-corrected chi connectivity index (χ3v) is 4.39. The predicted octanol–water partition coefficient (Wildman–Crippen LogP) is 3.60. The second-order valence-corrected chi connectivity index (χ2v) is 6.14. The summed E-state index contributed by atoms with van der Waals surface area (Å²) < 4.78 is 1.96. The van der Waals surface area contributed by atoms with Crippen molar-refractivity contribution in [3.63, 3.8) is 0 Å². The first-order valence-electron chi connectivity index (χ1n) is 9.17. The van der Waals surface area contributed by atoms with E-state index in [9.17, 15) is 0 Å². The minimum Gasteiger partial charge on any atom is -0.357 e. The molecule has 0 bridgehead atoms. The van der Waals surface area contributed by atoms with Gasteiger partial charge in [0.1, 0.15) is 6.54 Å². The van der Waals surface area contributed by atoms with Gasteiger partial charge in [0.25, 0.3) is 0 Å². The molecule has 0 saturated heterocycles. The van der Waals surface area contributed by atoms with Gasteiger partial charge in [0.2, 0.25) is 0 Å². The molecule has 2 aromatic heterocycles. The smallest absolute Gasteiger partial charge is 0.191 e. The van der Waals surface area contributed by atoms with Crippen molar-refractivity contribution in [2.75, 3.05) is 13.1 Å². The molecule has 1 atom stereocenters. The van der Waals surface area contributed by atoms with E-state index < -0.39 is 0 Å². The van der Waals surface area contributed by atoms with Crippen LogP contribution in [0.25, 0.3) is 5.65 Å². The van der Waals surface area contributed by atoms with Gasteiger partial charge in [-0.3, -0.25) is 4.40 Å². The van der Waals surface area contributed by atoms with E-state index in [2.05, 4.69) is 70.0 Å². The highest BCUT2D eigenvalue weighted by molar-refractivity contribution is 14.0. The SMILES string of the molecule is CCNC(=NCc1nnc2ccccn12)NCC(CC)c1ccccc1.I. The summed E-state index contributed by atoms with van der Waals surface area (Å²) in [6.07, 6.45) is 3.04. The third kappa shape index (κ3) is 5.66. The number of aromatic nitrogens is 3. The van der Waals surface area contributed by atoms with Crippen LogP contribution in [0.4, 0.5) is 0 Å². The number of halogens is 1. The van der Waals surface area contributed by atoms with Crippen LogP contribution in [0.2, 0.25) is 0 Å². The molecule has 1 unspecified atom stereocenters. The summed E-state index contributed by atoms with van der Waals surface area (Å²) in [5.74, 6) is 2.08. The molecule has 0 fully saturated rings. The molecule has 1 aromatic carbocycles. The third-order valence-electron chi connectivity index (χ3n) is 4.39. The van der Waals surface area contributed by atoms with Gasteiger partial charge < -0.3 is 10.6 Å². The molecule has 2 heterocycles. The van der Waals surface area contributed by atoms with Crippen molar-refractivity contribution in [3.05, 3.63) is 66.1 Å². The number of pyridine rings is 1. The Balaban J connectivity index is 0.00000261. The summed E-state index contributed by atoms with van der Waals surface area (Å²) in [6, 6.07) is 16.5. The normalized spacial score (nSPS) is 12.4. The number of aliphatic imine (C=N–C) groups is 1. The molecule has 0 aliphatic carbocycles. The Hall–Kier alpha value is -2.16. The number of nitrogens with zero attached hydrogens (tertiary/aromatic N) is 4. The molecule has 0 radical (unpaired) electrons. The van der Waals surface area contributed by atoms with Gasteiger partial charge >= 0.3 is 0 Å². The van der Waals surface area contributed by atoms with Gasteiger partial charge in [-0.25, -0.2) is 4.99 Å². The minimum atomic E-state index is 0. The largest absolute Gasteiger partial charge is 0.357 e. The fourth-order valence-electron chi connectivity index (χ4n) is 2.93. The summed E-state index contributed by atoms with van der Waals surface area (Å²) in [5, 5.41) is 15.2. The van der Waals surface area contributed by atoms with Gasteiger partial charge in [0.15, 0.2) is 17.4 Å². The van der Waals surface area contributed by atoms with E-state index in [4.69, 9.17) is 0 Å². The van der Waals surface area contributed by atoms with Crippen LogP contribution >= 0.6 is 24.0 Å². The standard InChI is InChI=1S/C20H26N6.HI/c1-3-16(17-10-6-5-7-11-17)14-22-20(21-4-2)23-15-19-25-24-18-12-8-9-13-26(18)19;/h5-13,16H,3-4,14-15H2,1-2H3,(H2,21,22,23);1H. The summed E-state index contributed by atoms with van der Waals surface area (Å²) in [7, 11) is 0. The Labute approximate surface area is 177 Å². The van der Waals surface area contributed by atoms with Crippen LogP contribution in [0.15, 0.2) is 59.7 Å². The molecule has 6 nitrogen and oxygen atoms in total. The highest BCUT2D eigenvalue weighted by Gasteiger charge is 2.10. The molecule has 2 N–H and O–H groups in total. The highest BCUT2D eigenvalue weighted by Crippen LogP contribution is 2.17. The number of hydrogen-bond donors (Lipinski definition) is 2. The molecule has 0 aliphatic heterocycles. The van der Waals surface area contributed by atoms with Crippen LogP contribution in [0, 0.1) is 0 Å². The van der Waals surface area contributed by atoms with E-state index in [0.717, 1.165) is 36.9 Å². The Kier molecular flexibility index (Phi) is 8.50. The molecular formula is C20H27IN6. The molecule has 3 aromatic rings. The molecule has 27 heavy (non-hydrogen) atoms. The van der Waals surface area contributed by atoms with Crippen molar-refractivity contribution in [3.8, 4) is 0 Å². The fourth-order valence-corrected chi connectivity index (χ4v) is 2.93. The summed E-state index contributed by atoms with van der Waals surface area (Å²) in [4.78, 5) is 4.68. The Morgan fingerprint density at radius 2 is 1.81 bits per heavy atom. The van der Waals surface area contributed by atoms with E-state index in [1.54, 1.807) is 0 Å². The summed E-state index contributed by atoms with van der Waals surface area (Å²) in [5.41, 5.74) is 2.19. The van der Waals surface area contributed by atoms with E-state index >= 15 is 0 Å². The lowest BCUT2D eigenvalue weighted by Crippen LogP contribution is -2.39. The quantitative estimate of drug-likeness (QED) is 0.310. The average molecular weight is 478 g/mol. The fraction of sp³-hybridized carbons (Fsp3) is 0.350. The van der Waals surface area contributed by atoms with Crippen molar-refractivity contribution in [2.24, 2.45) is 4.99 Å². The predicted molar refractivity (Wildman–Crippen MR) is 121 cm³/mol. The lowest BCUT2D eigenvalue weighted by molar-refractivity contribution is 0.629. The van der Waals surface area contributed by atoms with Gasteiger partial charge in [-0.2, -0.15) is 0 Å². The number of guanidine groups is 1. The van der Waals surface area contributed by atoms with Crippen LogP contribution < -0.4 is 10.6 Å². The first-order chi connectivity index (χ1) is 12.8. The Bertz CT molecular complexity index is 846. The van der Waals surface area contributed by atoms with Crippen molar-refractivity contribution in [2.45, 2.75) is 32.7 Å². The molecule has 7 heteroatoms. The first-order valence-corrected chi connectivity index (χ1v) is 9.17. The zero-order chi connectivity index (χ0) is 18.2. The average Bonchev–Trinajstić information content (AvgIpc) is 3.10. The Morgan fingerprint density at radius 1 is 1.04 bits per heavy atom. The lowest BCUT2D eigenvalue weighted by Gasteiger charge is -2.18. The van der Waals surface area contributed by atoms with Crippen LogP contribution in [0.1, 0.15) is 37.6 Å². The molecule has 0 saturated carbocycles. The van der Waals surface area contributed by atoms with Crippen molar-refractivity contribution in [1.82, 2.24) is 25.2 Å². The summed E-state index contributed by atoms with van der Waals surface area (Å²) >= 11 is 0. The van der Waals surface area contributed by atoms with E-state index in [-0.39, 0.29) is 24.0 Å². The minimum absolute atomic E-state index is 0. The highest BCUT2D eigenvalue weighted by atomic mass is 127. The zero-order valence-electron chi connectivity index (χ0n) is 15.8. The van der Waals surface area contributed by atoms with E-state index in [1.165, 1.54) is 5.56 Å². The lowest BCUT2D eigenvalue weighted by atomic mass is 9.97. The second kappa shape index (κ2) is 10.9. The van der Waals surface area contributed by atoms with Crippen LogP contribution in [0.3, 0.4) is 0 Å². The molecule has 3 rings (SSSR count). The van der Waals surface area contributed by atoms with Crippen molar-refractivity contribution < 1.29 is 0 Å². The number of benzene rings is 1. The van der Waals surface area contributed by atoms with Crippen molar-refractivity contribution in [1.29, 1.82) is 0 Å². The number of fused-ring (bicyclic) bond motifs is 1. The maximum Gasteiger partial charge on any atom is 0.191 e. The molecule has 0 amide bonds. The maximum absolute atomic E-state index is 4.68. The summed E-state index contributed by atoms with van der Waals surface area (Å²) in [6.45, 7) is 6.41. The number of nitrogens with one attached hydrogen (secondary N) is 2. The number of hydrogen-bond acceptors (Lipinski definition) is 3. The van der Waals surface area contributed by atoms with Crippen molar-refractivity contribution >= 4 is 35.6 Å². The molecular weight excluding hydrogens is 451 g/mol. The van der Waals surface area contributed by atoms with Gasteiger partial charge in [0, 0.05) is 25.2 Å². The van der Waals surface area contributed by atoms with Gasteiger partial charge in [0.05, 0.1) is 0 Å². The zero-order valence-corrected chi connectivity index (χ0v) is 18.1. The monoisotopic (exact) mass is 478 g/mol. The van der Waals surface area contributed by atoms with Gasteiger partial charge in [-0.15, -0.1) is 34.2 Å². The van der Waals surface area contributed by atoms with E-state index in [0.29, 0.717) is 12.5 Å². The van der Waals surface area contributed by atoms with Crippen LogP contribution in [0.5, 0.6) is 0 Å². The maximum atomic E-state index is 4.68. The van der Waals surface area contributed by atoms with E-state index in [1.807, 2.05) is 28.8 Å². The topological polar surface area (TPSA) is 66.6 Å². The first kappa shape index (κ1) is 21.1. The van der Waals surface area contributed by atoms with Gasteiger partial charge in [-0.1, -0.05) is 43.3 Å². The van der Waals surface area contributed by atoms with Crippen LogP contribution in [-0.2, 0) is 6.54 Å². The van der Waals surface area contributed by atoms with Gasteiger partial charge in [-0.05, 0) is 31.0 Å². The molecule has 0 spiro atoms. The molecule has 144 valence electrons. The molecule has 0 aliphatic rings. The Morgan fingerprint density at radius 3 is 2.56 bits per heavy atom. The van der Waals surface area contributed by atoms with Crippen LogP contribution in [-0.4, -0.2) is 33.6 Å². The number of rotatable bonds is 7. The second-order valence-electron chi connectivity index (χ2n) is 6.14.